The molecule has 3 heterocycles. The van der Waals surface area contributed by atoms with E-state index in [1.807, 2.05) is 67.6 Å². The van der Waals surface area contributed by atoms with Crippen molar-refractivity contribution < 1.29 is 32.5 Å². The van der Waals surface area contributed by atoms with Crippen LogP contribution in [0.4, 0.5) is 13.2 Å². The molecule has 1 aliphatic heterocycles. The van der Waals surface area contributed by atoms with Gasteiger partial charge in [-0.15, -0.1) is 0 Å². The van der Waals surface area contributed by atoms with Crippen molar-refractivity contribution in [3.8, 4) is 16.9 Å². The maximum Gasteiger partial charge on any atom is 0.392 e. The van der Waals surface area contributed by atoms with Gasteiger partial charge in [0.25, 0.3) is 0 Å². The Morgan fingerprint density at radius 3 is 2.65 bits per heavy atom. The van der Waals surface area contributed by atoms with Gasteiger partial charge in [-0.2, -0.15) is 18.3 Å². The number of carbonyl (C=O) groups is 1. The summed E-state index contributed by atoms with van der Waals surface area (Å²) in [4.78, 5) is 12.8. The van der Waals surface area contributed by atoms with Crippen LogP contribution in [-0.4, -0.2) is 45.2 Å². The van der Waals surface area contributed by atoms with Crippen LogP contribution in [0.2, 0.25) is 0 Å². The van der Waals surface area contributed by atoms with Gasteiger partial charge in [-0.05, 0) is 42.4 Å². The Kier molecular flexibility index (Phi) is 7.70. The lowest BCUT2D eigenvalue weighted by molar-refractivity contribution is -0.128. The number of hydrogen-bond donors (Lipinski definition) is 2. The van der Waals surface area contributed by atoms with Crippen LogP contribution in [0.25, 0.3) is 32.8 Å². The Bertz CT molecular complexity index is 1850. The first-order valence-corrected chi connectivity index (χ1v) is 14.1. The standard InChI is InChI=1S/C33H30F3N3O4/c1-20-29-26-11-5-10-24-25(12-6-16-43-28-13-4-8-22-7-2-3-9-23(22)28)31(32(40)41)39(30(24)26)15-14-21(17-33(34,35)36)18-42-19-27(29)38-37-20/h2-5,7-11,13-14H,6,12,15-19H2,1H3,(H,37,38)(H,40,41)/b21-14-. The Labute approximate surface area is 245 Å². The molecule has 2 aromatic heterocycles. The highest BCUT2D eigenvalue weighted by Gasteiger charge is 2.30. The van der Waals surface area contributed by atoms with E-state index in [0.717, 1.165) is 33.0 Å². The number of allylic oxidation sites excluding steroid dienone is 1. The van der Waals surface area contributed by atoms with E-state index in [-0.39, 0.29) is 31.0 Å². The van der Waals surface area contributed by atoms with E-state index in [2.05, 4.69) is 10.2 Å². The molecule has 7 nitrogen and oxygen atoms in total. The largest absolute Gasteiger partial charge is 0.493 e. The number of carboxylic acids is 1. The second-order valence-electron chi connectivity index (χ2n) is 10.7. The Morgan fingerprint density at radius 1 is 1.07 bits per heavy atom. The van der Waals surface area contributed by atoms with E-state index >= 15 is 0 Å². The van der Waals surface area contributed by atoms with Gasteiger partial charge >= 0.3 is 12.1 Å². The number of nitrogens with one attached hydrogen (secondary N) is 1. The van der Waals surface area contributed by atoms with Crippen LogP contribution in [0, 0.1) is 6.92 Å². The first-order valence-electron chi connectivity index (χ1n) is 14.1. The number of fused-ring (bicyclic) bond motifs is 3. The number of rotatable bonds is 7. The minimum Gasteiger partial charge on any atom is -0.493 e. The fourth-order valence-corrected chi connectivity index (χ4v) is 6.00. The predicted octanol–water partition coefficient (Wildman–Crippen LogP) is 7.61. The molecule has 0 amide bonds. The van der Waals surface area contributed by atoms with Crippen LogP contribution in [0.3, 0.4) is 0 Å². The molecule has 0 saturated heterocycles. The molecule has 3 aromatic carbocycles. The van der Waals surface area contributed by atoms with Crippen molar-refractivity contribution in [2.45, 2.75) is 45.5 Å². The number of aryl methyl sites for hydroxylation is 2. The normalized spacial score (nSPS) is 15.1. The number of H-pyrrole nitrogens is 1. The summed E-state index contributed by atoms with van der Waals surface area (Å²) in [6, 6.07) is 19.4. The second-order valence-corrected chi connectivity index (χ2v) is 10.7. The molecule has 222 valence electrons. The number of nitrogens with zero attached hydrogens (tertiary/aromatic N) is 2. The fourth-order valence-electron chi connectivity index (χ4n) is 6.00. The van der Waals surface area contributed by atoms with E-state index in [1.54, 1.807) is 4.57 Å². The van der Waals surface area contributed by atoms with Crippen molar-refractivity contribution in [3.63, 3.8) is 0 Å². The number of carboxylic acid groups (broad SMARTS) is 1. The zero-order valence-corrected chi connectivity index (χ0v) is 23.5. The van der Waals surface area contributed by atoms with Crippen molar-refractivity contribution in [2.75, 3.05) is 13.2 Å². The third kappa shape index (κ3) is 5.75. The number of halogens is 3. The summed E-state index contributed by atoms with van der Waals surface area (Å²) in [5.74, 6) is -0.392. The Hall–Kier alpha value is -4.57. The van der Waals surface area contributed by atoms with E-state index < -0.39 is 18.6 Å². The quantitative estimate of drug-likeness (QED) is 0.151. The van der Waals surface area contributed by atoms with Crippen LogP contribution in [0.15, 0.2) is 72.3 Å². The topological polar surface area (TPSA) is 89.4 Å². The average molecular weight is 590 g/mol. The number of alkyl halides is 3. The van der Waals surface area contributed by atoms with Crippen molar-refractivity contribution >= 4 is 27.6 Å². The number of hydrogen-bond acceptors (Lipinski definition) is 4. The van der Waals surface area contributed by atoms with Crippen LogP contribution in [0.1, 0.15) is 40.3 Å². The summed E-state index contributed by atoms with van der Waals surface area (Å²) in [7, 11) is 0. The summed E-state index contributed by atoms with van der Waals surface area (Å²) in [6.07, 6.45) is -3.20. The molecule has 6 rings (SSSR count). The third-order valence-electron chi connectivity index (χ3n) is 7.78. The van der Waals surface area contributed by atoms with Gasteiger partial charge in [0.15, 0.2) is 0 Å². The molecule has 0 fully saturated rings. The number of aromatic amines is 1. The summed E-state index contributed by atoms with van der Waals surface area (Å²) in [5, 5.41) is 20.5. The van der Waals surface area contributed by atoms with Gasteiger partial charge in [0, 0.05) is 28.4 Å². The van der Waals surface area contributed by atoms with Gasteiger partial charge < -0.3 is 19.1 Å². The molecule has 0 saturated carbocycles. The predicted molar refractivity (Wildman–Crippen MR) is 157 cm³/mol. The molecule has 43 heavy (non-hydrogen) atoms. The van der Waals surface area contributed by atoms with Crippen molar-refractivity contribution in [1.29, 1.82) is 0 Å². The molecule has 0 radical (unpaired) electrons. The highest BCUT2D eigenvalue weighted by molar-refractivity contribution is 6.04. The molecule has 0 aliphatic carbocycles. The summed E-state index contributed by atoms with van der Waals surface area (Å²) < 4.78 is 53.7. The second kappa shape index (κ2) is 11.6. The van der Waals surface area contributed by atoms with Gasteiger partial charge in [-0.1, -0.05) is 60.7 Å². The first-order chi connectivity index (χ1) is 20.7. The van der Waals surface area contributed by atoms with E-state index in [0.29, 0.717) is 41.9 Å². The maximum absolute atomic E-state index is 13.4. The van der Waals surface area contributed by atoms with E-state index in [9.17, 15) is 23.1 Å². The lowest BCUT2D eigenvalue weighted by Crippen LogP contribution is -2.14. The molecular formula is C33H30F3N3O4. The van der Waals surface area contributed by atoms with Crippen LogP contribution >= 0.6 is 0 Å². The number of aromatic nitrogens is 3. The van der Waals surface area contributed by atoms with Crippen LogP contribution in [0.5, 0.6) is 5.75 Å². The monoisotopic (exact) mass is 589 g/mol. The molecule has 0 bridgehead atoms. The summed E-state index contributed by atoms with van der Waals surface area (Å²) >= 11 is 0. The smallest absolute Gasteiger partial charge is 0.392 e. The lowest BCUT2D eigenvalue weighted by Gasteiger charge is -2.13. The number of para-hydroxylation sites is 1. The third-order valence-corrected chi connectivity index (χ3v) is 7.78. The number of ether oxygens (including phenoxy) is 2. The minimum absolute atomic E-state index is 0.0343. The fraction of sp³-hybridized carbons (Fsp3) is 0.273. The van der Waals surface area contributed by atoms with E-state index in [4.69, 9.17) is 9.47 Å². The molecular weight excluding hydrogens is 559 g/mol. The van der Waals surface area contributed by atoms with Gasteiger partial charge in [-0.25, -0.2) is 4.79 Å². The molecule has 1 aliphatic rings. The van der Waals surface area contributed by atoms with Crippen molar-refractivity contribution in [2.24, 2.45) is 0 Å². The SMILES string of the molecule is Cc1n[nH]c2c1-c1cccc3c(CCCOc4cccc5ccccc45)c(C(=O)O)n(c13)C/C=C(/CC(F)(F)F)COC2. The van der Waals surface area contributed by atoms with Crippen molar-refractivity contribution in [3.05, 3.63) is 95.0 Å². The van der Waals surface area contributed by atoms with Gasteiger partial charge in [0.2, 0.25) is 0 Å². The number of aromatic carboxylic acids is 1. The highest BCUT2D eigenvalue weighted by Crippen LogP contribution is 2.38. The molecule has 0 unspecified atom stereocenters. The van der Waals surface area contributed by atoms with Gasteiger partial charge in [-0.3, -0.25) is 5.10 Å². The van der Waals surface area contributed by atoms with Crippen LogP contribution < -0.4 is 4.74 Å². The molecule has 0 spiro atoms. The first kappa shape index (κ1) is 28.5. The number of benzene rings is 3. The molecule has 10 heteroatoms. The highest BCUT2D eigenvalue weighted by atomic mass is 19.4. The molecule has 5 aromatic rings. The molecule has 2 N–H and O–H groups in total. The van der Waals surface area contributed by atoms with Crippen molar-refractivity contribution in [1.82, 2.24) is 14.8 Å². The van der Waals surface area contributed by atoms with Crippen LogP contribution in [-0.2, 0) is 24.3 Å². The minimum atomic E-state index is -4.43. The average Bonchev–Trinajstić information content (AvgIpc) is 3.49. The Morgan fingerprint density at radius 2 is 1.84 bits per heavy atom. The zero-order chi connectivity index (χ0) is 30.1. The summed E-state index contributed by atoms with van der Waals surface area (Å²) in [5.41, 5.74) is 4.15. The van der Waals surface area contributed by atoms with Gasteiger partial charge in [0.1, 0.15) is 11.4 Å². The Balaban J connectivity index is 1.41. The lowest BCUT2D eigenvalue weighted by atomic mass is 9.98. The maximum atomic E-state index is 13.4. The van der Waals surface area contributed by atoms with E-state index in [1.165, 1.54) is 6.08 Å². The summed E-state index contributed by atoms with van der Waals surface area (Å²) in [6.45, 7) is 1.93. The van der Waals surface area contributed by atoms with Gasteiger partial charge in [0.05, 0.1) is 43.1 Å². The molecule has 0 atom stereocenters. The zero-order valence-electron chi connectivity index (χ0n) is 23.5.